The minimum Gasteiger partial charge on any atom is -0.493 e. The molecule has 114 valence electrons. The molecule has 0 saturated carbocycles. The van der Waals surface area contributed by atoms with Crippen molar-refractivity contribution in [3.63, 3.8) is 0 Å². The molecule has 1 atom stereocenters. The van der Waals surface area contributed by atoms with Crippen LogP contribution < -0.4 is 10.1 Å². The molecule has 4 nitrogen and oxygen atoms in total. The minimum atomic E-state index is 0.427. The van der Waals surface area contributed by atoms with Crippen molar-refractivity contribution in [1.29, 1.82) is 0 Å². The third kappa shape index (κ3) is 4.33. The molecule has 4 heteroatoms. The molecule has 1 unspecified atom stereocenters. The number of imidazole rings is 1. The largest absolute Gasteiger partial charge is 0.493 e. The van der Waals surface area contributed by atoms with E-state index in [9.17, 15) is 0 Å². The summed E-state index contributed by atoms with van der Waals surface area (Å²) in [5.74, 6) is 1.96. The monoisotopic (exact) mass is 287 g/mol. The van der Waals surface area contributed by atoms with Crippen molar-refractivity contribution in [2.45, 2.75) is 32.7 Å². The molecule has 1 N–H and O–H groups in total. The first-order chi connectivity index (χ1) is 10.2. The molecule has 0 radical (unpaired) electrons. The average molecular weight is 287 g/mol. The van der Waals surface area contributed by atoms with Crippen molar-refractivity contribution in [2.75, 3.05) is 13.2 Å². The normalized spacial score (nSPS) is 12.3. The molecule has 0 fully saturated rings. The zero-order chi connectivity index (χ0) is 15.1. The highest BCUT2D eigenvalue weighted by Crippen LogP contribution is 2.20. The molecule has 1 heterocycles. The first-order valence-electron chi connectivity index (χ1n) is 7.67. The van der Waals surface area contributed by atoms with Crippen molar-refractivity contribution in [3.8, 4) is 5.75 Å². The summed E-state index contributed by atoms with van der Waals surface area (Å²) in [6.45, 7) is 5.97. The summed E-state index contributed by atoms with van der Waals surface area (Å²) in [4.78, 5) is 4.29. The highest BCUT2D eigenvalue weighted by Gasteiger charge is 2.07. The van der Waals surface area contributed by atoms with Crippen LogP contribution in [0.1, 0.15) is 37.7 Å². The Labute approximate surface area is 127 Å². The van der Waals surface area contributed by atoms with Crippen LogP contribution in [0.4, 0.5) is 0 Å². The van der Waals surface area contributed by atoms with Crippen LogP contribution in [0.25, 0.3) is 0 Å². The second-order valence-corrected chi connectivity index (χ2v) is 5.14. The van der Waals surface area contributed by atoms with Gasteiger partial charge >= 0.3 is 0 Å². The lowest BCUT2D eigenvalue weighted by Gasteiger charge is -2.16. The quantitative estimate of drug-likeness (QED) is 0.811. The van der Waals surface area contributed by atoms with E-state index in [1.54, 1.807) is 0 Å². The van der Waals surface area contributed by atoms with Gasteiger partial charge in [0, 0.05) is 31.9 Å². The van der Waals surface area contributed by atoms with Gasteiger partial charge in [-0.05, 0) is 30.7 Å². The molecule has 0 aliphatic rings. The van der Waals surface area contributed by atoms with E-state index in [1.807, 2.05) is 36.1 Å². The summed E-state index contributed by atoms with van der Waals surface area (Å²) < 4.78 is 7.81. The zero-order valence-corrected chi connectivity index (χ0v) is 13.2. The first-order valence-corrected chi connectivity index (χ1v) is 7.67. The average Bonchev–Trinajstić information content (AvgIpc) is 2.91. The van der Waals surface area contributed by atoms with Gasteiger partial charge in [0.2, 0.25) is 0 Å². The summed E-state index contributed by atoms with van der Waals surface area (Å²) in [6, 6.07) is 8.82. The standard InChI is InChI=1S/C17H25N3O/c1-4-16(18-5-2)14-6-8-15(9-7-14)21-13-10-17-19-11-12-20(17)3/h6-9,11-12,16,18H,4-5,10,13H2,1-3H3. The molecule has 0 aliphatic carbocycles. The molecule has 2 rings (SSSR count). The van der Waals surface area contributed by atoms with Crippen molar-refractivity contribution in [3.05, 3.63) is 48.0 Å². The SMILES string of the molecule is CCNC(CC)c1ccc(OCCc2nccn2C)cc1. The van der Waals surface area contributed by atoms with Gasteiger partial charge in [0.1, 0.15) is 11.6 Å². The van der Waals surface area contributed by atoms with Crippen LogP contribution >= 0.6 is 0 Å². The fraction of sp³-hybridized carbons (Fsp3) is 0.471. The molecule has 0 bridgehead atoms. The first kappa shape index (κ1) is 15.6. The zero-order valence-electron chi connectivity index (χ0n) is 13.2. The fourth-order valence-corrected chi connectivity index (χ4v) is 2.44. The predicted molar refractivity (Wildman–Crippen MR) is 85.6 cm³/mol. The Kier molecular flexibility index (Phi) is 5.81. The van der Waals surface area contributed by atoms with E-state index in [2.05, 4.69) is 36.3 Å². The molecular weight excluding hydrogens is 262 g/mol. The molecule has 1 aromatic heterocycles. The van der Waals surface area contributed by atoms with Gasteiger partial charge in [-0.15, -0.1) is 0 Å². The highest BCUT2D eigenvalue weighted by molar-refractivity contribution is 5.29. The lowest BCUT2D eigenvalue weighted by molar-refractivity contribution is 0.317. The number of benzene rings is 1. The van der Waals surface area contributed by atoms with Crippen LogP contribution in [0.3, 0.4) is 0 Å². The maximum absolute atomic E-state index is 5.79. The molecule has 1 aromatic carbocycles. The Balaban J connectivity index is 1.86. The van der Waals surface area contributed by atoms with Crippen LogP contribution in [0.15, 0.2) is 36.7 Å². The van der Waals surface area contributed by atoms with Crippen LogP contribution in [0.5, 0.6) is 5.75 Å². The van der Waals surface area contributed by atoms with Gasteiger partial charge in [-0.2, -0.15) is 0 Å². The van der Waals surface area contributed by atoms with Crippen molar-refractivity contribution >= 4 is 0 Å². The van der Waals surface area contributed by atoms with E-state index in [4.69, 9.17) is 4.74 Å². The van der Waals surface area contributed by atoms with Gasteiger partial charge in [-0.25, -0.2) is 4.98 Å². The number of hydrogen-bond acceptors (Lipinski definition) is 3. The molecule has 2 aromatic rings. The third-order valence-corrected chi connectivity index (χ3v) is 3.66. The van der Waals surface area contributed by atoms with E-state index >= 15 is 0 Å². The van der Waals surface area contributed by atoms with Gasteiger partial charge in [-0.3, -0.25) is 0 Å². The van der Waals surface area contributed by atoms with E-state index < -0.39 is 0 Å². The van der Waals surface area contributed by atoms with E-state index in [0.717, 1.165) is 31.0 Å². The van der Waals surface area contributed by atoms with Gasteiger partial charge < -0.3 is 14.6 Å². The van der Waals surface area contributed by atoms with Gasteiger partial charge in [0.25, 0.3) is 0 Å². The van der Waals surface area contributed by atoms with Crippen LogP contribution in [0.2, 0.25) is 0 Å². The minimum absolute atomic E-state index is 0.427. The summed E-state index contributed by atoms with van der Waals surface area (Å²) in [5.41, 5.74) is 1.32. The predicted octanol–water partition coefficient (Wildman–Crippen LogP) is 3.10. The van der Waals surface area contributed by atoms with Crippen molar-refractivity contribution < 1.29 is 4.74 Å². The number of aryl methyl sites for hydroxylation is 1. The Morgan fingerprint density at radius 1 is 1.24 bits per heavy atom. The topological polar surface area (TPSA) is 39.1 Å². The summed E-state index contributed by atoms with van der Waals surface area (Å²) in [5, 5.41) is 3.48. The second kappa shape index (κ2) is 7.84. The van der Waals surface area contributed by atoms with Gasteiger partial charge in [-0.1, -0.05) is 26.0 Å². The van der Waals surface area contributed by atoms with E-state index in [0.29, 0.717) is 12.6 Å². The molecule has 0 spiro atoms. The van der Waals surface area contributed by atoms with Crippen molar-refractivity contribution in [2.24, 2.45) is 7.05 Å². The Morgan fingerprint density at radius 3 is 2.57 bits per heavy atom. The van der Waals surface area contributed by atoms with Crippen LogP contribution in [-0.2, 0) is 13.5 Å². The van der Waals surface area contributed by atoms with Crippen LogP contribution in [0, 0.1) is 0 Å². The van der Waals surface area contributed by atoms with Crippen molar-refractivity contribution in [1.82, 2.24) is 14.9 Å². The fourth-order valence-electron chi connectivity index (χ4n) is 2.44. The lowest BCUT2D eigenvalue weighted by atomic mass is 10.0. The molecule has 0 aliphatic heterocycles. The maximum atomic E-state index is 5.79. The molecular formula is C17H25N3O. The number of aromatic nitrogens is 2. The summed E-state index contributed by atoms with van der Waals surface area (Å²) in [7, 11) is 2.00. The number of hydrogen-bond donors (Lipinski definition) is 1. The lowest BCUT2D eigenvalue weighted by Crippen LogP contribution is -2.19. The Morgan fingerprint density at radius 2 is 2.00 bits per heavy atom. The van der Waals surface area contributed by atoms with Crippen LogP contribution in [-0.4, -0.2) is 22.7 Å². The van der Waals surface area contributed by atoms with E-state index in [1.165, 1.54) is 5.56 Å². The number of nitrogens with zero attached hydrogens (tertiary/aromatic N) is 2. The Bertz CT molecular complexity index is 533. The highest BCUT2D eigenvalue weighted by atomic mass is 16.5. The smallest absolute Gasteiger partial charge is 0.119 e. The molecule has 0 saturated heterocycles. The van der Waals surface area contributed by atoms with Gasteiger partial charge in [0.15, 0.2) is 0 Å². The maximum Gasteiger partial charge on any atom is 0.119 e. The number of nitrogens with one attached hydrogen (secondary N) is 1. The van der Waals surface area contributed by atoms with E-state index in [-0.39, 0.29) is 0 Å². The van der Waals surface area contributed by atoms with Gasteiger partial charge in [0.05, 0.1) is 6.61 Å². The summed E-state index contributed by atoms with van der Waals surface area (Å²) in [6.07, 6.45) is 5.68. The second-order valence-electron chi connectivity index (χ2n) is 5.14. The third-order valence-electron chi connectivity index (χ3n) is 3.66. The molecule has 0 amide bonds. The number of ether oxygens (including phenoxy) is 1. The Hall–Kier alpha value is -1.81. The summed E-state index contributed by atoms with van der Waals surface area (Å²) >= 11 is 0. The number of rotatable bonds is 8. The molecule has 21 heavy (non-hydrogen) atoms.